The predicted octanol–water partition coefficient (Wildman–Crippen LogP) is 2.61. The van der Waals surface area contributed by atoms with Crippen molar-refractivity contribution in [3.8, 4) is 10.6 Å². The average molecular weight is 262 g/mol. The summed E-state index contributed by atoms with van der Waals surface area (Å²) in [5, 5.41) is 11.1. The molecule has 0 saturated carbocycles. The molecule has 0 aliphatic carbocycles. The van der Waals surface area contributed by atoms with Gasteiger partial charge >= 0.3 is 0 Å². The Labute approximate surface area is 85.4 Å². The Morgan fingerprint density at radius 2 is 2.25 bits per heavy atom. The lowest BCUT2D eigenvalue weighted by Gasteiger charge is -1.82. The SMILES string of the molecule is Nc1nnc(-c2csc(Br)c2)s1. The summed E-state index contributed by atoms with van der Waals surface area (Å²) in [6.45, 7) is 0. The zero-order valence-electron chi connectivity index (χ0n) is 5.82. The molecule has 2 aromatic heterocycles. The van der Waals surface area contributed by atoms with Crippen molar-refractivity contribution in [1.29, 1.82) is 0 Å². The Morgan fingerprint density at radius 3 is 2.75 bits per heavy atom. The maximum Gasteiger partial charge on any atom is 0.203 e. The first-order valence-corrected chi connectivity index (χ1v) is 5.58. The minimum Gasteiger partial charge on any atom is -0.374 e. The van der Waals surface area contributed by atoms with Crippen molar-refractivity contribution in [2.45, 2.75) is 0 Å². The molecule has 6 heteroatoms. The molecular formula is C6H4BrN3S2. The molecule has 12 heavy (non-hydrogen) atoms. The first-order valence-electron chi connectivity index (χ1n) is 3.09. The van der Waals surface area contributed by atoms with Gasteiger partial charge in [-0.05, 0) is 22.0 Å². The largest absolute Gasteiger partial charge is 0.374 e. The molecule has 0 aliphatic rings. The summed E-state index contributed by atoms with van der Waals surface area (Å²) >= 11 is 6.40. The summed E-state index contributed by atoms with van der Waals surface area (Å²) < 4.78 is 1.09. The van der Waals surface area contributed by atoms with Crippen molar-refractivity contribution in [3.05, 3.63) is 15.2 Å². The van der Waals surface area contributed by atoms with E-state index in [2.05, 4.69) is 26.1 Å². The van der Waals surface area contributed by atoms with Crippen LogP contribution in [-0.4, -0.2) is 10.2 Å². The van der Waals surface area contributed by atoms with Gasteiger partial charge in [0.15, 0.2) is 0 Å². The highest BCUT2D eigenvalue weighted by molar-refractivity contribution is 9.11. The highest BCUT2D eigenvalue weighted by atomic mass is 79.9. The molecule has 0 amide bonds. The number of halogens is 1. The molecular weight excluding hydrogens is 258 g/mol. The van der Waals surface area contributed by atoms with Crippen molar-refractivity contribution in [2.24, 2.45) is 0 Å². The van der Waals surface area contributed by atoms with Crippen LogP contribution >= 0.6 is 38.6 Å². The summed E-state index contributed by atoms with van der Waals surface area (Å²) in [5.74, 6) is 0. The van der Waals surface area contributed by atoms with Gasteiger partial charge in [0.1, 0.15) is 5.01 Å². The molecule has 62 valence electrons. The number of nitrogens with two attached hydrogens (primary N) is 1. The fourth-order valence-electron chi connectivity index (χ4n) is 0.773. The van der Waals surface area contributed by atoms with Gasteiger partial charge in [0.2, 0.25) is 5.13 Å². The van der Waals surface area contributed by atoms with Crippen molar-refractivity contribution in [2.75, 3.05) is 5.73 Å². The van der Waals surface area contributed by atoms with Crippen LogP contribution in [-0.2, 0) is 0 Å². The van der Waals surface area contributed by atoms with Gasteiger partial charge < -0.3 is 5.73 Å². The second kappa shape index (κ2) is 3.12. The minimum absolute atomic E-state index is 0.507. The number of nitrogen functional groups attached to an aromatic ring is 1. The third kappa shape index (κ3) is 1.50. The van der Waals surface area contributed by atoms with Gasteiger partial charge in [-0.2, -0.15) is 0 Å². The number of anilines is 1. The number of hydrogen-bond donors (Lipinski definition) is 1. The summed E-state index contributed by atoms with van der Waals surface area (Å²) in [6.07, 6.45) is 0. The second-order valence-corrected chi connectivity index (χ2v) is 5.38. The van der Waals surface area contributed by atoms with Gasteiger partial charge in [-0.25, -0.2) is 0 Å². The molecule has 0 aromatic carbocycles. The molecule has 0 atom stereocenters. The summed E-state index contributed by atoms with van der Waals surface area (Å²) in [7, 11) is 0. The zero-order valence-corrected chi connectivity index (χ0v) is 9.04. The van der Waals surface area contributed by atoms with E-state index in [0.29, 0.717) is 5.13 Å². The van der Waals surface area contributed by atoms with Crippen molar-refractivity contribution in [1.82, 2.24) is 10.2 Å². The quantitative estimate of drug-likeness (QED) is 0.859. The van der Waals surface area contributed by atoms with Crippen molar-refractivity contribution in [3.63, 3.8) is 0 Å². The van der Waals surface area contributed by atoms with Crippen LogP contribution < -0.4 is 5.73 Å². The highest BCUT2D eigenvalue weighted by Crippen LogP contribution is 2.31. The molecule has 3 nitrogen and oxygen atoms in total. The lowest BCUT2D eigenvalue weighted by molar-refractivity contribution is 1.10. The zero-order chi connectivity index (χ0) is 8.55. The fourth-order valence-corrected chi connectivity index (χ4v) is 2.59. The molecule has 0 spiro atoms. The van der Waals surface area contributed by atoms with E-state index in [0.717, 1.165) is 14.4 Å². The van der Waals surface area contributed by atoms with E-state index >= 15 is 0 Å². The van der Waals surface area contributed by atoms with Gasteiger partial charge in [0.05, 0.1) is 3.79 Å². The topological polar surface area (TPSA) is 51.8 Å². The number of aromatic nitrogens is 2. The predicted molar refractivity (Wildman–Crippen MR) is 55.3 cm³/mol. The average Bonchev–Trinajstić information content (AvgIpc) is 2.58. The van der Waals surface area contributed by atoms with Crippen molar-refractivity contribution >= 4 is 43.7 Å². The maximum absolute atomic E-state index is 5.46. The Balaban J connectivity index is 2.43. The number of hydrogen-bond acceptors (Lipinski definition) is 5. The van der Waals surface area contributed by atoms with Gasteiger partial charge in [-0.15, -0.1) is 21.5 Å². The summed E-state index contributed by atoms with van der Waals surface area (Å²) in [6, 6.07) is 2.00. The van der Waals surface area contributed by atoms with Crippen LogP contribution in [0.15, 0.2) is 15.2 Å². The van der Waals surface area contributed by atoms with E-state index in [1.807, 2.05) is 11.4 Å². The van der Waals surface area contributed by atoms with Gasteiger partial charge in [-0.3, -0.25) is 0 Å². The van der Waals surface area contributed by atoms with E-state index in [1.165, 1.54) is 11.3 Å². The summed E-state index contributed by atoms with van der Waals surface area (Å²) in [5.41, 5.74) is 6.53. The Hall–Kier alpha value is -0.460. The van der Waals surface area contributed by atoms with E-state index in [9.17, 15) is 0 Å². The first kappa shape index (κ1) is 8.15. The monoisotopic (exact) mass is 261 g/mol. The third-order valence-electron chi connectivity index (χ3n) is 1.26. The molecule has 2 rings (SSSR count). The molecule has 0 saturated heterocycles. The molecule has 2 N–H and O–H groups in total. The summed E-state index contributed by atoms with van der Waals surface area (Å²) in [4.78, 5) is 0. The van der Waals surface area contributed by atoms with Gasteiger partial charge in [0.25, 0.3) is 0 Å². The molecule has 0 unspecified atom stereocenters. The third-order valence-corrected chi connectivity index (χ3v) is 3.56. The maximum atomic E-state index is 5.46. The minimum atomic E-state index is 0.507. The van der Waals surface area contributed by atoms with Crippen LogP contribution in [0.2, 0.25) is 0 Å². The second-order valence-electron chi connectivity index (χ2n) is 2.08. The number of nitrogens with zero attached hydrogens (tertiary/aromatic N) is 2. The highest BCUT2D eigenvalue weighted by Gasteiger charge is 2.05. The number of thiophene rings is 1. The number of rotatable bonds is 1. The van der Waals surface area contributed by atoms with E-state index in [1.54, 1.807) is 11.3 Å². The van der Waals surface area contributed by atoms with Crippen LogP contribution in [0.25, 0.3) is 10.6 Å². The lowest BCUT2D eigenvalue weighted by atomic mass is 10.4. The van der Waals surface area contributed by atoms with Crippen LogP contribution in [0.3, 0.4) is 0 Å². The molecule has 2 aromatic rings. The van der Waals surface area contributed by atoms with Crippen LogP contribution in [0.1, 0.15) is 0 Å². The molecule has 0 bridgehead atoms. The molecule has 0 aliphatic heterocycles. The lowest BCUT2D eigenvalue weighted by Crippen LogP contribution is -1.79. The molecule has 2 heterocycles. The smallest absolute Gasteiger partial charge is 0.203 e. The Morgan fingerprint density at radius 1 is 1.42 bits per heavy atom. The molecule has 0 fully saturated rings. The fraction of sp³-hybridized carbons (Fsp3) is 0. The van der Waals surface area contributed by atoms with Crippen molar-refractivity contribution < 1.29 is 0 Å². The Bertz CT molecular complexity index is 357. The normalized spacial score (nSPS) is 10.4. The Kier molecular flexibility index (Phi) is 2.12. The van der Waals surface area contributed by atoms with Crippen LogP contribution in [0, 0.1) is 0 Å². The van der Waals surface area contributed by atoms with E-state index in [4.69, 9.17) is 5.73 Å². The first-order chi connectivity index (χ1) is 5.75. The van der Waals surface area contributed by atoms with Crippen LogP contribution in [0.4, 0.5) is 5.13 Å². The van der Waals surface area contributed by atoms with Gasteiger partial charge in [-0.1, -0.05) is 11.3 Å². The van der Waals surface area contributed by atoms with E-state index in [-0.39, 0.29) is 0 Å². The molecule has 0 radical (unpaired) electrons. The van der Waals surface area contributed by atoms with Gasteiger partial charge in [0, 0.05) is 10.9 Å². The van der Waals surface area contributed by atoms with E-state index < -0.39 is 0 Å². The standard InChI is InChI=1S/C6H4BrN3S2/c7-4-1-3(2-11-4)5-9-10-6(8)12-5/h1-2H,(H2,8,10). The van der Waals surface area contributed by atoms with Crippen LogP contribution in [0.5, 0.6) is 0 Å².